The number of nitrogens with one attached hydrogen (secondary N) is 1. The van der Waals surface area contributed by atoms with Gasteiger partial charge in [-0.1, -0.05) is 18.2 Å². The van der Waals surface area contributed by atoms with Crippen LogP contribution in [0.15, 0.2) is 54.9 Å². The Morgan fingerprint density at radius 3 is 2.74 bits per heavy atom. The average molecular weight is 371 g/mol. The molecule has 1 aromatic heterocycles. The van der Waals surface area contributed by atoms with E-state index in [-0.39, 0.29) is 24.6 Å². The first-order valence-corrected chi connectivity index (χ1v) is 9.02. The van der Waals surface area contributed by atoms with Gasteiger partial charge >= 0.3 is 0 Å². The lowest BCUT2D eigenvalue weighted by Gasteiger charge is -2.31. The summed E-state index contributed by atoms with van der Waals surface area (Å²) in [5.74, 6) is 0.373. The SMILES string of the molecule is CN(CCO)[C@@H]1[C@@H](O)[C@H](Oc2cccnc2)C[C@H]1NC(=O)c1ccccc1. The normalized spacial score (nSPS) is 24.7. The Kier molecular flexibility index (Phi) is 6.39. The fraction of sp³-hybridized carbons (Fsp3) is 0.400. The topological polar surface area (TPSA) is 94.9 Å². The van der Waals surface area contributed by atoms with E-state index in [9.17, 15) is 15.0 Å². The predicted octanol–water partition coefficient (Wildman–Crippen LogP) is 0.685. The maximum Gasteiger partial charge on any atom is 0.251 e. The fourth-order valence-corrected chi connectivity index (χ4v) is 3.56. The summed E-state index contributed by atoms with van der Waals surface area (Å²) in [6.07, 6.45) is 2.40. The highest BCUT2D eigenvalue weighted by Gasteiger charge is 2.46. The summed E-state index contributed by atoms with van der Waals surface area (Å²) >= 11 is 0. The maximum absolute atomic E-state index is 12.6. The van der Waals surface area contributed by atoms with E-state index < -0.39 is 12.2 Å². The zero-order chi connectivity index (χ0) is 19.2. The van der Waals surface area contributed by atoms with E-state index in [0.717, 1.165) is 0 Å². The Morgan fingerprint density at radius 1 is 1.30 bits per heavy atom. The molecule has 0 radical (unpaired) electrons. The summed E-state index contributed by atoms with van der Waals surface area (Å²) in [6.45, 7) is 0.353. The molecule has 1 fully saturated rings. The first-order chi connectivity index (χ1) is 13.1. The molecule has 0 saturated heterocycles. The maximum atomic E-state index is 12.6. The number of benzene rings is 1. The number of carbonyl (C=O) groups excluding carboxylic acids is 1. The second-order valence-electron chi connectivity index (χ2n) is 6.71. The van der Waals surface area contributed by atoms with Crippen LogP contribution < -0.4 is 10.1 Å². The van der Waals surface area contributed by atoms with Crippen LogP contribution in [0.3, 0.4) is 0 Å². The van der Waals surface area contributed by atoms with Crippen molar-refractivity contribution in [3.8, 4) is 5.75 Å². The number of likely N-dealkylation sites (N-methyl/N-ethyl adjacent to an activating group) is 1. The van der Waals surface area contributed by atoms with Gasteiger partial charge in [0.2, 0.25) is 0 Å². The van der Waals surface area contributed by atoms with Crippen molar-refractivity contribution >= 4 is 5.91 Å². The first kappa shape index (κ1) is 19.3. The fourth-order valence-electron chi connectivity index (χ4n) is 3.56. The van der Waals surface area contributed by atoms with Crippen molar-refractivity contribution in [3.05, 3.63) is 60.4 Å². The lowest BCUT2D eigenvalue weighted by Crippen LogP contribution is -2.52. The lowest BCUT2D eigenvalue weighted by molar-refractivity contribution is 0.0109. The number of hydrogen-bond donors (Lipinski definition) is 3. The molecule has 2 aromatic rings. The second kappa shape index (κ2) is 8.94. The summed E-state index contributed by atoms with van der Waals surface area (Å²) in [5, 5.41) is 23.1. The van der Waals surface area contributed by atoms with E-state index in [0.29, 0.717) is 24.3 Å². The van der Waals surface area contributed by atoms with Crippen molar-refractivity contribution in [2.45, 2.75) is 30.7 Å². The van der Waals surface area contributed by atoms with Crippen molar-refractivity contribution in [1.29, 1.82) is 0 Å². The van der Waals surface area contributed by atoms with Crippen LogP contribution in [0.2, 0.25) is 0 Å². The molecule has 7 heteroatoms. The first-order valence-electron chi connectivity index (χ1n) is 9.02. The van der Waals surface area contributed by atoms with E-state index >= 15 is 0 Å². The van der Waals surface area contributed by atoms with E-state index in [4.69, 9.17) is 4.74 Å². The average Bonchev–Trinajstić information content (AvgIpc) is 2.98. The molecule has 144 valence electrons. The van der Waals surface area contributed by atoms with Crippen molar-refractivity contribution < 1.29 is 19.7 Å². The molecule has 1 amide bonds. The number of rotatable bonds is 7. The number of aliphatic hydroxyl groups excluding tert-OH is 2. The molecule has 1 saturated carbocycles. The largest absolute Gasteiger partial charge is 0.486 e. The van der Waals surface area contributed by atoms with Crippen molar-refractivity contribution in [2.24, 2.45) is 0 Å². The molecule has 0 aliphatic heterocycles. The van der Waals surface area contributed by atoms with Gasteiger partial charge in [-0.3, -0.25) is 14.7 Å². The molecule has 27 heavy (non-hydrogen) atoms. The Balaban J connectivity index is 1.75. The minimum Gasteiger partial charge on any atom is -0.486 e. The molecule has 3 N–H and O–H groups in total. The summed E-state index contributed by atoms with van der Waals surface area (Å²) in [4.78, 5) is 18.5. The summed E-state index contributed by atoms with van der Waals surface area (Å²) in [7, 11) is 1.82. The third-order valence-corrected chi connectivity index (χ3v) is 4.87. The van der Waals surface area contributed by atoms with Gasteiger partial charge < -0.3 is 20.3 Å². The molecule has 4 atom stereocenters. The van der Waals surface area contributed by atoms with Gasteiger partial charge in [-0.15, -0.1) is 0 Å². The zero-order valence-corrected chi connectivity index (χ0v) is 15.2. The van der Waals surface area contributed by atoms with Gasteiger partial charge in [0, 0.05) is 24.7 Å². The van der Waals surface area contributed by atoms with Gasteiger partial charge in [0.05, 0.1) is 24.9 Å². The summed E-state index contributed by atoms with van der Waals surface area (Å²) < 4.78 is 5.91. The Hall–Kier alpha value is -2.48. The van der Waals surface area contributed by atoms with E-state index in [1.54, 1.807) is 36.7 Å². The minimum atomic E-state index is -0.817. The van der Waals surface area contributed by atoms with Gasteiger partial charge in [-0.25, -0.2) is 0 Å². The van der Waals surface area contributed by atoms with Gasteiger partial charge in [0.15, 0.2) is 0 Å². The van der Waals surface area contributed by atoms with Crippen LogP contribution in [0.5, 0.6) is 5.75 Å². The number of nitrogens with zero attached hydrogens (tertiary/aromatic N) is 2. The Bertz CT molecular complexity index is 729. The molecule has 0 spiro atoms. The molecular formula is C20H25N3O4. The molecule has 7 nitrogen and oxygen atoms in total. The molecular weight excluding hydrogens is 346 g/mol. The third kappa shape index (κ3) is 4.63. The van der Waals surface area contributed by atoms with Gasteiger partial charge in [-0.05, 0) is 31.3 Å². The van der Waals surface area contributed by atoms with Crippen LogP contribution in [0.25, 0.3) is 0 Å². The molecule has 1 aromatic carbocycles. The van der Waals surface area contributed by atoms with E-state index in [1.807, 2.05) is 30.1 Å². The molecule has 0 bridgehead atoms. The van der Waals surface area contributed by atoms with Crippen LogP contribution in [-0.2, 0) is 0 Å². The number of carbonyl (C=O) groups is 1. The zero-order valence-electron chi connectivity index (χ0n) is 15.2. The standard InChI is InChI=1S/C20H25N3O4/c1-23(10-11-24)18-16(22-20(26)14-6-3-2-4-7-14)12-17(19(18)25)27-15-8-5-9-21-13-15/h2-9,13,16-19,24-25H,10-12H2,1H3,(H,22,26)/t16-,17-,18+,19+/m1/s1. The van der Waals surface area contributed by atoms with Crippen molar-refractivity contribution in [3.63, 3.8) is 0 Å². The summed E-state index contributed by atoms with van der Waals surface area (Å²) in [5.41, 5.74) is 0.562. The Labute approximate surface area is 158 Å². The van der Waals surface area contributed by atoms with Crippen LogP contribution in [0.1, 0.15) is 16.8 Å². The Morgan fingerprint density at radius 2 is 2.07 bits per heavy atom. The van der Waals surface area contributed by atoms with E-state index in [1.165, 1.54) is 0 Å². The van der Waals surface area contributed by atoms with Gasteiger partial charge in [-0.2, -0.15) is 0 Å². The highest BCUT2D eigenvalue weighted by Crippen LogP contribution is 2.28. The number of aliphatic hydroxyl groups is 2. The van der Waals surface area contributed by atoms with Crippen molar-refractivity contribution in [2.75, 3.05) is 20.2 Å². The second-order valence-corrected chi connectivity index (χ2v) is 6.71. The molecule has 0 unspecified atom stereocenters. The van der Waals surface area contributed by atoms with Gasteiger partial charge in [0.25, 0.3) is 5.91 Å². The molecule has 1 aliphatic rings. The van der Waals surface area contributed by atoms with Gasteiger partial charge in [0.1, 0.15) is 18.0 Å². The molecule has 1 aliphatic carbocycles. The molecule has 3 rings (SSSR count). The van der Waals surface area contributed by atoms with E-state index in [2.05, 4.69) is 10.3 Å². The number of pyridine rings is 1. The highest BCUT2D eigenvalue weighted by molar-refractivity contribution is 5.94. The number of hydrogen-bond acceptors (Lipinski definition) is 6. The monoisotopic (exact) mass is 371 g/mol. The molecule has 1 heterocycles. The number of amides is 1. The lowest BCUT2D eigenvalue weighted by atomic mass is 10.1. The van der Waals surface area contributed by atoms with Crippen LogP contribution in [0, 0.1) is 0 Å². The van der Waals surface area contributed by atoms with Crippen LogP contribution in [-0.4, -0.2) is 70.5 Å². The minimum absolute atomic E-state index is 0.0345. The number of ether oxygens (including phenoxy) is 1. The van der Waals surface area contributed by atoms with Crippen molar-refractivity contribution in [1.82, 2.24) is 15.2 Å². The predicted molar refractivity (Wildman–Crippen MR) is 100 cm³/mol. The quantitative estimate of drug-likeness (QED) is 0.663. The number of aromatic nitrogens is 1. The smallest absolute Gasteiger partial charge is 0.251 e. The van der Waals surface area contributed by atoms with Crippen LogP contribution in [0.4, 0.5) is 0 Å². The third-order valence-electron chi connectivity index (χ3n) is 4.87. The summed E-state index contributed by atoms with van der Waals surface area (Å²) in [6, 6.07) is 11.8. The highest BCUT2D eigenvalue weighted by atomic mass is 16.5. The van der Waals surface area contributed by atoms with Crippen LogP contribution >= 0.6 is 0 Å².